The molecule has 1 aromatic carbocycles. The minimum atomic E-state index is -3.26. The standard InChI is InChI=1S/C33H51ClN4O6S/c1-33(2)19-24(16-17-44-33)29(23-10-13-25(34)14-11-23)30(37-32(40)43-3)31(39)36-28-9-5-4-7-22(28)12-15-27-20-35-26-8-6-18-45(41,42)38(27)21-26/h10-11,13-14,22,24,26-30,35H,4-9,12,15-21H2,1-3H3,(H,36,39)(H,37,40)/t22-,24-,26-,27+,28+,29+,30+/m1/s1. The van der Waals surface area contributed by atoms with Crippen LogP contribution in [0.25, 0.3) is 0 Å². The Labute approximate surface area is 273 Å². The molecule has 10 nitrogen and oxygen atoms in total. The summed E-state index contributed by atoms with van der Waals surface area (Å²) < 4.78 is 38.8. The summed E-state index contributed by atoms with van der Waals surface area (Å²) in [7, 11) is -1.95. The van der Waals surface area contributed by atoms with E-state index in [4.69, 9.17) is 21.1 Å². The van der Waals surface area contributed by atoms with Crippen molar-refractivity contribution in [1.82, 2.24) is 20.3 Å². The maximum Gasteiger partial charge on any atom is 0.407 e. The van der Waals surface area contributed by atoms with E-state index in [9.17, 15) is 18.0 Å². The van der Waals surface area contributed by atoms with Gasteiger partial charge in [0.25, 0.3) is 0 Å². The zero-order chi connectivity index (χ0) is 32.2. The number of hydrogen-bond donors (Lipinski definition) is 3. The van der Waals surface area contributed by atoms with Crippen molar-refractivity contribution in [2.24, 2.45) is 11.8 Å². The SMILES string of the molecule is COC(=O)N[C@H](C(=O)N[C@H]1CCCC[C@@H]1CC[C@H]1CN[C@@H]2CCCS(=O)(=O)N1C2)[C@@H](c1ccc(Cl)cc1)[C@@H]1CCOC(C)(C)C1. The number of fused-ring (bicyclic) bond motifs is 2. The molecular formula is C33H51ClN4O6S. The van der Waals surface area contributed by atoms with E-state index in [1.54, 1.807) is 4.31 Å². The van der Waals surface area contributed by atoms with Gasteiger partial charge in [0.2, 0.25) is 15.9 Å². The number of alkyl carbamates (subject to hydrolysis) is 1. The molecule has 4 aliphatic rings. The van der Waals surface area contributed by atoms with Crippen LogP contribution in [-0.4, -0.2) is 87.1 Å². The molecule has 4 fully saturated rings. The van der Waals surface area contributed by atoms with E-state index in [2.05, 4.69) is 29.8 Å². The molecule has 12 heteroatoms. The molecule has 3 heterocycles. The third-order valence-corrected chi connectivity index (χ3v) is 12.7. The Balaban J connectivity index is 1.34. The Morgan fingerprint density at radius 1 is 1.11 bits per heavy atom. The van der Waals surface area contributed by atoms with Gasteiger partial charge in [-0.2, -0.15) is 4.31 Å². The lowest BCUT2D eigenvalue weighted by Gasteiger charge is -2.42. The summed E-state index contributed by atoms with van der Waals surface area (Å²) in [6.07, 6.45) is 7.93. The van der Waals surface area contributed by atoms with Crippen LogP contribution in [0, 0.1) is 11.8 Å². The number of nitrogens with one attached hydrogen (secondary N) is 3. The quantitative estimate of drug-likeness (QED) is 0.353. The summed E-state index contributed by atoms with van der Waals surface area (Å²) >= 11 is 6.25. The van der Waals surface area contributed by atoms with Gasteiger partial charge in [-0.25, -0.2) is 13.2 Å². The number of ether oxygens (including phenoxy) is 2. The van der Waals surface area contributed by atoms with Crippen LogP contribution in [0.4, 0.5) is 4.79 Å². The highest BCUT2D eigenvalue weighted by Crippen LogP contribution is 2.41. The summed E-state index contributed by atoms with van der Waals surface area (Å²) in [5, 5.41) is 10.4. The van der Waals surface area contributed by atoms with Crippen LogP contribution in [0.15, 0.2) is 24.3 Å². The van der Waals surface area contributed by atoms with E-state index < -0.39 is 22.2 Å². The van der Waals surface area contributed by atoms with Crippen LogP contribution in [0.3, 0.4) is 0 Å². The minimum absolute atomic E-state index is 0.0600. The lowest BCUT2D eigenvalue weighted by molar-refractivity contribution is -0.126. The topological polar surface area (TPSA) is 126 Å². The molecule has 8 atom stereocenters. The number of sulfonamides is 1. The minimum Gasteiger partial charge on any atom is -0.453 e. The molecule has 2 amide bonds. The fraction of sp³-hybridized carbons (Fsp3) is 0.758. The molecule has 1 aliphatic carbocycles. The zero-order valence-corrected chi connectivity index (χ0v) is 28.5. The lowest BCUT2D eigenvalue weighted by atomic mass is 9.72. The Bertz CT molecular complexity index is 1280. The first kappa shape index (κ1) is 34.4. The molecule has 0 aromatic heterocycles. The third kappa shape index (κ3) is 8.71. The first-order valence-corrected chi connectivity index (χ1v) is 18.7. The van der Waals surface area contributed by atoms with Crippen LogP contribution in [0.5, 0.6) is 0 Å². The van der Waals surface area contributed by atoms with Crippen LogP contribution < -0.4 is 16.0 Å². The summed E-state index contributed by atoms with van der Waals surface area (Å²) in [4.78, 5) is 27.0. The number of halogens is 1. The first-order valence-electron chi connectivity index (χ1n) is 16.7. The van der Waals surface area contributed by atoms with Gasteiger partial charge in [0, 0.05) is 48.8 Å². The van der Waals surface area contributed by atoms with Crippen molar-refractivity contribution in [1.29, 1.82) is 0 Å². The normalized spacial score (nSPS) is 32.4. The molecule has 2 bridgehead atoms. The predicted molar refractivity (Wildman–Crippen MR) is 175 cm³/mol. The molecule has 5 rings (SSSR count). The van der Waals surface area contributed by atoms with Crippen LogP contribution in [-0.2, 0) is 24.3 Å². The Hall–Kier alpha value is -1.92. The van der Waals surface area contributed by atoms with E-state index >= 15 is 0 Å². The number of nitrogens with zero attached hydrogens (tertiary/aromatic N) is 1. The number of carbonyl (C=O) groups excluding carboxylic acids is 2. The van der Waals surface area contributed by atoms with Gasteiger partial charge in [0.1, 0.15) is 6.04 Å². The number of piperazine rings is 1. The van der Waals surface area contributed by atoms with Crippen LogP contribution in [0.2, 0.25) is 5.02 Å². The van der Waals surface area contributed by atoms with Gasteiger partial charge in [-0.05, 0) is 94.7 Å². The van der Waals surface area contributed by atoms with Crippen molar-refractivity contribution in [2.45, 2.75) is 114 Å². The highest BCUT2D eigenvalue weighted by atomic mass is 35.5. The second-order valence-electron chi connectivity index (χ2n) is 14.1. The van der Waals surface area contributed by atoms with Crippen molar-refractivity contribution < 1.29 is 27.5 Å². The first-order chi connectivity index (χ1) is 21.5. The second-order valence-corrected chi connectivity index (χ2v) is 16.6. The monoisotopic (exact) mass is 666 g/mol. The molecule has 45 heavy (non-hydrogen) atoms. The summed E-state index contributed by atoms with van der Waals surface area (Å²) in [6, 6.07) is 6.78. The number of methoxy groups -OCH3 is 1. The Morgan fingerprint density at radius 3 is 2.60 bits per heavy atom. The fourth-order valence-electron chi connectivity index (χ4n) is 8.18. The molecule has 3 saturated heterocycles. The highest BCUT2D eigenvalue weighted by Gasteiger charge is 2.43. The van der Waals surface area contributed by atoms with Crippen LogP contribution in [0.1, 0.15) is 89.5 Å². The number of hydrogen-bond acceptors (Lipinski definition) is 7. The molecule has 1 aromatic rings. The number of carbonyl (C=O) groups is 2. The van der Waals surface area contributed by atoms with Crippen molar-refractivity contribution in [2.75, 3.05) is 32.6 Å². The summed E-state index contributed by atoms with van der Waals surface area (Å²) in [5.41, 5.74) is 0.573. The van der Waals surface area contributed by atoms with Gasteiger partial charge in [-0.3, -0.25) is 4.79 Å². The molecule has 3 N–H and O–H groups in total. The van der Waals surface area contributed by atoms with E-state index in [-0.39, 0.29) is 53.1 Å². The smallest absolute Gasteiger partial charge is 0.407 e. The maximum absolute atomic E-state index is 14.3. The van der Waals surface area contributed by atoms with Crippen LogP contribution >= 0.6 is 11.6 Å². The van der Waals surface area contributed by atoms with E-state index in [0.29, 0.717) is 31.1 Å². The number of benzene rings is 1. The number of amides is 2. The average Bonchev–Trinajstić information content (AvgIpc) is 3.12. The summed E-state index contributed by atoms with van der Waals surface area (Å²) in [5.74, 6) is -0.0229. The van der Waals surface area contributed by atoms with Gasteiger partial charge in [0.05, 0.1) is 18.5 Å². The second kappa shape index (κ2) is 14.9. The largest absolute Gasteiger partial charge is 0.453 e. The van der Waals surface area contributed by atoms with Gasteiger partial charge in [-0.1, -0.05) is 36.6 Å². The van der Waals surface area contributed by atoms with Gasteiger partial charge < -0.3 is 25.4 Å². The van der Waals surface area contributed by atoms with Gasteiger partial charge in [0.15, 0.2) is 0 Å². The van der Waals surface area contributed by atoms with Crippen molar-refractivity contribution in [3.8, 4) is 0 Å². The van der Waals surface area contributed by atoms with E-state index in [0.717, 1.165) is 63.4 Å². The highest BCUT2D eigenvalue weighted by molar-refractivity contribution is 7.89. The molecule has 0 radical (unpaired) electrons. The molecular weight excluding hydrogens is 616 g/mol. The predicted octanol–water partition coefficient (Wildman–Crippen LogP) is 4.57. The average molecular weight is 667 g/mol. The van der Waals surface area contributed by atoms with Gasteiger partial charge >= 0.3 is 6.09 Å². The molecule has 0 spiro atoms. The van der Waals surface area contributed by atoms with Crippen molar-refractivity contribution >= 4 is 33.6 Å². The summed E-state index contributed by atoms with van der Waals surface area (Å²) in [6.45, 7) is 5.91. The van der Waals surface area contributed by atoms with Crippen molar-refractivity contribution in [3.63, 3.8) is 0 Å². The Kier molecular flexibility index (Phi) is 11.4. The molecule has 1 unspecified atom stereocenters. The van der Waals surface area contributed by atoms with E-state index in [1.165, 1.54) is 7.11 Å². The lowest BCUT2D eigenvalue weighted by Crippen LogP contribution is -2.57. The van der Waals surface area contributed by atoms with Crippen molar-refractivity contribution in [3.05, 3.63) is 34.9 Å². The fourth-order valence-corrected chi connectivity index (χ4v) is 10.1. The maximum atomic E-state index is 14.3. The zero-order valence-electron chi connectivity index (χ0n) is 26.9. The van der Waals surface area contributed by atoms with Gasteiger partial charge in [-0.15, -0.1) is 0 Å². The third-order valence-electron chi connectivity index (χ3n) is 10.5. The molecule has 1 saturated carbocycles. The number of rotatable bonds is 9. The molecule has 3 aliphatic heterocycles. The Morgan fingerprint density at radius 2 is 1.87 bits per heavy atom. The molecule has 252 valence electrons. The van der Waals surface area contributed by atoms with E-state index in [1.807, 2.05) is 24.3 Å².